The van der Waals surface area contributed by atoms with Gasteiger partial charge in [0, 0.05) is 20.1 Å². The van der Waals surface area contributed by atoms with Crippen molar-refractivity contribution >= 4 is 17.0 Å². The molecule has 0 aliphatic carbocycles. The fourth-order valence-electron chi connectivity index (χ4n) is 3.21. The minimum Gasteiger partial charge on any atom is -0.342 e. The second kappa shape index (κ2) is 6.10. The average molecular weight is 343 g/mol. The molecule has 9 heteroatoms. The third kappa shape index (κ3) is 2.99. The molecule has 0 bridgehead atoms. The molecular formula is C15H20F3N5O. The summed E-state index contributed by atoms with van der Waals surface area (Å²) in [7, 11) is 1.69. The fourth-order valence-corrected chi connectivity index (χ4v) is 3.21. The Hall–Kier alpha value is -2.06. The quantitative estimate of drug-likeness (QED) is 0.929. The minimum atomic E-state index is -4.16. The van der Waals surface area contributed by atoms with Gasteiger partial charge in [0.1, 0.15) is 5.52 Å². The summed E-state index contributed by atoms with van der Waals surface area (Å²) in [5, 5.41) is 4.34. The van der Waals surface area contributed by atoms with E-state index in [4.69, 9.17) is 0 Å². The lowest BCUT2D eigenvalue weighted by molar-refractivity contribution is -0.179. The summed E-state index contributed by atoms with van der Waals surface area (Å²) >= 11 is 0. The van der Waals surface area contributed by atoms with E-state index in [2.05, 4.69) is 15.1 Å². The number of nitrogens with zero attached hydrogens (tertiary/aromatic N) is 4. The van der Waals surface area contributed by atoms with Gasteiger partial charge in [0.15, 0.2) is 5.52 Å². The predicted octanol–water partition coefficient (Wildman–Crippen LogP) is 2.39. The Morgan fingerprint density at radius 3 is 2.54 bits per heavy atom. The molecule has 0 unspecified atom stereocenters. The van der Waals surface area contributed by atoms with Crippen molar-refractivity contribution < 1.29 is 13.2 Å². The number of hydrogen-bond donors (Lipinski definition) is 1. The summed E-state index contributed by atoms with van der Waals surface area (Å²) in [5.74, 6) is -0.947. The number of aromatic nitrogens is 4. The maximum atomic E-state index is 12.8. The van der Waals surface area contributed by atoms with Gasteiger partial charge in [-0.25, -0.2) is 4.98 Å². The van der Waals surface area contributed by atoms with E-state index in [0.717, 1.165) is 12.1 Å². The molecule has 132 valence electrons. The Kier molecular flexibility index (Phi) is 4.27. The highest BCUT2D eigenvalue weighted by Gasteiger charge is 2.41. The summed E-state index contributed by atoms with van der Waals surface area (Å²) < 4.78 is 39.8. The van der Waals surface area contributed by atoms with Gasteiger partial charge in [-0.05, 0) is 19.3 Å². The van der Waals surface area contributed by atoms with Crippen molar-refractivity contribution in [3.63, 3.8) is 0 Å². The lowest BCUT2D eigenvalue weighted by Gasteiger charge is -2.33. The second-order valence-electron chi connectivity index (χ2n) is 6.21. The molecule has 1 aliphatic rings. The summed E-state index contributed by atoms with van der Waals surface area (Å²) in [6, 6.07) is 0. The van der Waals surface area contributed by atoms with Gasteiger partial charge in [-0.1, -0.05) is 13.3 Å². The molecule has 1 saturated heterocycles. The molecule has 2 aromatic heterocycles. The van der Waals surface area contributed by atoms with Crippen LogP contribution in [0.3, 0.4) is 0 Å². The van der Waals surface area contributed by atoms with Crippen molar-refractivity contribution in [2.45, 2.75) is 38.8 Å². The number of aryl methyl sites for hydroxylation is 2. The zero-order valence-electron chi connectivity index (χ0n) is 13.7. The molecule has 1 aliphatic heterocycles. The standard InChI is InChI=1S/C15H20F3N5O/c1-3-4-10-11-12(22(2)21-10)13(24)20-14(19-11)23-7-5-9(6-8-23)15(16,17)18/h9H,3-8H2,1-2H3,(H,19,20,24). The van der Waals surface area contributed by atoms with Crippen molar-refractivity contribution in [2.24, 2.45) is 13.0 Å². The van der Waals surface area contributed by atoms with Crippen LogP contribution in [-0.2, 0) is 13.5 Å². The number of hydrogen-bond acceptors (Lipinski definition) is 4. The summed E-state index contributed by atoms with van der Waals surface area (Å²) in [4.78, 5) is 21.2. The number of nitrogens with one attached hydrogen (secondary N) is 1. The lowest BCUT2D eigenvalue weighted by Crippen LogP contribution is -2.40. The van der Waals surface area contributed by atoms with Crippen LogP contribution in [0, 0.1) is 5.92 Å². The number of alkyl halides is 3. The van der Waals surface area contributed by atoms with Crippen molar-refractivity contribution in [3.05, 3.63) is 16.0 Å². The molecule has 2 aromatic rings. The van der Waals surface area contributed by atoms with Crippen LogP contribution < -0.4 is 10.5 Å². The molecule has 3 rings (SSSR count). The fraction of sp³-hybridized carbons (Fsp3) is 0.667. The van der Waals surface area contributed by atoms with E-state index in [0.29, 0.717) is 23.4 Å². The Labute approximate surface area is 136 Å². The van der Waals surface area contributed by atoms with Crippen molar-refractivity contribution in [1.82, 2.24) is 19.7 Å². The molecular weight excluding hydrogens is 323 g/mol. The highest BCUT2D eigenvalue weighted by molar-refractivity contribution is 5.77. The van der Waals surface area contributed by atoms with Crippen LogP contribution in [0.15, 0.2) is 4.79 Å². The van der Waals surface area contributed by atoms with Gasteiger partial charge < -0.3 is 4.90 Å². The SMILES string of the molecule is CCCc1nn(C)c2c(=O)[nH]c(N3CCC(C(F)(F)F)CC3)nc12. The summed E-state index contributed by atoms with van der Waals surface area (Å²) in [5.41, 5.74) is 1.36. The first kappa shape index (κ1) is 16.8. The lowest BCUT2D eigenvalue weighted by atomic mass is 9.96. The molecule has 0 radical (unpaired) electrons. The van der Waals surface area contributed by atoms with E-state index in [1.54, 1.807) is 11.9 Å². The number of anilines is 1. The molecule has 0 spiro atoms. The van der Waals surface area contributed by atoms with E-state index >= 15 is 0 Å². The largest absolute Gasteiger partial charge is 0.391 e. The smallest absolute Gasteiger partial charge is 0.342 e. The van der Waals surface area contributed by atoms with Gasteiger partial charge in [-0.3, -0.25) is 14.5 Å². The van der Waals surface area contributed by atoms with E-state index in [1.807, 2.05) is 6.92 Å². The van der Waals surface area contributed by atoms with Crippen molar-refractivity contribution in [2.75, 3.05) is 18.0 Å². The van der Waals surface area contributed by atoms with Crippen LogP contribution >= 0.6 is 0 Å². The molecule has 0 atom stereocenters. The summed E-state index contributed by atoms with van der Waals surface area (Å²) in [6.45, 7) is 2.46. The van der Waals surface area contributed by atoms with Crippen molar-refractivity contribution in [1.29, 1.82) is 0 Å². The normalized spacial score (nSPS) is 17.0. The predicted molar refractivity (Wildman–Crippen MR) is 84.1 cm³/mol. The number of H-pyrrole nitrogens is 1. The first-order valence-electron chi connectivity index (χ1n) is 8.08. The van der Waals surface area contributed by atoms with E-state index in [-0.39, 0.29) is 31.5 Å². The van der Waals surface area contributed by atoms with E-state index in [1.165, 1.54) is 4.68 Å². The zero-order valence-corrected chi connectivity index (χ0v) is 13.7. The Bertz CT molecular complexity index is 787. The molecule has 0 saturated carbocycles. The third-order valence-electron chi connectivity index (χ3n) is 4.49. The molecule has 6 nitrogen and oxygen atoms in total. The van der Waals surface area contributed by atoms with Gasteiger partial charge in [0.2, 0.25) is 5.95 Å². The van der Waals surface area contributed by atoms with Crippen LogP contribution in [0.4, 0.5) is 19.1 Å². The van der Waals surface area contributed by atoms with Gasteiger partial charge in [0.05, 0.1) is 11.6 Å². The number of aromatic amines is 1. The van der Waals surface area contributed by atoms with Gasteiger partial charge >= 0.3 is 6.18 Å². The Balaban J connectivity index is 1.91. The van der Waals surface area contributed by atoms with E-state index < -0.39 is 12.1 Å². The monoisotopic (exact) mass is 343 g/mol. The maximum absolute atomic E-state index is 12.8. The van der Waals surface area contributed by atoms with Crippen molar-refractivity contribution in [3.8, 4) is 0 Å². The average Bonchev–Trinajstić information content (AvgIpc) is 2.83. The minimum absolute atomic E-state index is 0.0140. The number of rotatable bonds is 3. The number of halogens is 3. The molecule has 3 heterocycles. The Morgan fingerprint density at radius 2 is 1.96 bits per heavy atom. The van der Waals surface area contributed by atoms with E-state index in [9.17, 15) is 18.0 Å². The van der Waals surface area contributed by atoms with Crippen LogP contribution in [0.5, 0.6) is 0 Å². The zero-order chi connectivity index (χ0) is 17.5. The van der Waals surface area contributed by atoms with Crippen LogP contribution in [0.2, 0.25) is 0 Å². The molecule has 1 N–H and O–H groups in total. The molecule has 0 aromatic carbocycles. The van der Waals surface area contributed by atoms with Crippen LogP contribution in [-0.4, -0.2) is 39.0 Å². The van der Waals surface area contributed by atoms with Gasteiger partial charge in [-0.15, -0.1) is 0 Å². The Morgan fingerprint density at radius 1 is 1.29 bits per heavy atom. The highest BCUT2D eigenvalue weighted by Crippen LogP contribution is 2.34. The topological polar surface area (TPSA) is 66.8 Å². The van der Waals surface area contributed by atoms with Gasteiger partial charge in [0.25, 0.3) is 5.56 Å². The first-order valence-corrected chi connectivity index (χ1v) is 8.08. The number of fused-ring (bicyclic) bond motifs is 1. The van der Waals surface area contributed by atoms with Crippen LogP contribution in [0.1, 0.15) is 31.9 Å². The van der Waals surface area contributed by atoms with Gasteiger partial charge in [-0.2, -0.15) is 18.3 Å². The summed E-state index contributed by atoms with van der Waals surface area (Å²) in [6.07, 6.45) is -2.56. The maximum Gasteiger partial charge on any atom is 0.391 e. The van der Waals surface area contributed by atoms with Crippen LogP contribution in [0.25, 0.3) is 11.0 Å². The molecule has 0 amide bonds. The molecule has 24 heavy (non-hydrogen) atoms. The molecule has 1 fully saturated rings. The number of piperidine rings is 1. The second-order valence-corrected chi connectivity index (χ2v) is 6.21. The third-order valence-corrected chi connectivity index (χ3v) is 4.49. The first-order chi connectivity index (χ1) is 11.3. The highest BCUT2D eigenvalue weighted by atomic mass is 19.4.